The first-order chi connectivity index (χ1) is 13.0. The lowest BCUT2D eigenvalue weighted by Gasteiger charge is -2.10. The van der Waals surface area contributed by atoms with E-state index < -0.39 is 0 Å². The Bertz CT molecular complexity index is 1000. The highest BCUT2D eigenvalue weighted by Gasteiger charge is 2.27. The number of nitrogens with one attached hydrogen (secondary N) is 1. The zero-order valence-corrected chi connectivity index (χ0v) is 16.4. The molecule has 8 heteroatoms. The highest BCUT2D eigenvalue weighted by Crippen LogP contribution is 2.40. The fraction of sp³-hybridized carbons (Fsp3) is 0.316. The van der Waals surface area contributed by atoms with Crippen LogP contribution in [0.1, 0.15) is 33.6 Å². The van der Waals surface area contributed by atoms with Crippen molar-refractivity contribution in [2.45, 2.75) is 32.2 Å². The van der Waals surface area contributed by atoms with Gasteiger partial charge in [-0.05, 0) is 43.0 Å². The van der Waals surface area contributed by atoms with Crippen LogP contribution in [0.15, 0.2) is 24.5 Å². The Kier molecular flexibility index (Phi) is 4.88. The van der Waals surface area contributed by atoms with Crippen molar-refractivity contribution in [2.24, 2.45) is 0 Å². The number of amides is 1. The van der Waals surface area contributed by atoms with Crippen LogP contribution in [0.3, 0.4) is 0 Å². The second-order valence-corrected chi connectivity index (χ2v) is 7.96. The van der Waals surface area contributed by atoms with Gasteiger partial charge in [0.05, 0.1) is 12.3 Å². The molecule has 3 aromatic rings. The second-order valence-electron chi connectivity index (χ2n) is 6.58. The van der Waals surface area contributed by atoms with E-state index in [1.165, 1.54) is 11.3 Å². The Morgan fingerprint density at radius 1 is 1.41 bits per heavy atom. The van der Waals surface area contributed by atoms with Gasteiger partial charge in [0, 0.05) is 30.2 Å². The van der Waals surface area contributed by atoms with Crippen LogP contribution >= 0.6 is 22.9 Å². The standard InChI is InChI=1S/C19H19ClN4O2S/c1-10-13-15(21)16(17(25)23-12-2-3-12)27-19(13)24-18(14(10)20)26-9-6-11-4-7-22-8-5-11/h4-5,7-8,12H,2-3,6,9,21H2,1H3,(H,23,25). The minimum absolute atomic E-state index is 0.145. The highest BCUT2D eigenvalue weighted by atomic mass is 35.5. The van der Waals surface area contributed by atoms with Crippen LogP contribution in [0.25, 0.3) is 10.2 Å². The van der Waals surface area contributed by atoms with E-state index in [0.717, 1.165) is 35.8 Å². The highest BCUT2D eigenvalue weighted by molar-refractivity contribution is 7.21. The summed E-state index contributed by atoms with van der Waals surface area (Å²) in [5, 5.41) is 4.12. The van der Waals surface area contributed by atoms with E-state index in [1.807, 2.05) is 19.1 Å². The number of carbonyl (C=O) groups is 1. The Balaban J connectivity index is 1.58. The summed E-state index contributed by atoms with van der Waals surface area (Å²) >= 11 is 7.73. The molecule has 27 heavy (non-hydrogen) atoms. The minimum Gasteiger partial charge on any atom is -0.476 e. The summed E-state index contributed by atoms with van der Waals surface area (Å²) in [4.78, 5) is 22.1. The van der Waals surface area contributed by atoms with Crippen molar-refractivity contribution in [1.82, 2.24) is 15.3 Å². The minimum atomic E-state index is -0.145. The molecule has 1 amide bonds. The van der Waals surface area contributed by atoms with Gasteiger partial charge in [0.2, 0.25) is 5.88 Å². The van der Waals surface area contributed by atoms with E-state index in [2.05, 4.69) is 15.3 Å². The van der Waals surface area contributed by atoms with Gasteiger partial charge in [-0.25, -0.2) is 4.98 Å². The van der Waals surface area contributed by atoms with Crippen LogP contribution in [0.4, 0.5) is 5.69 Å². The summed E-state index contributed by atoms with van der Waals surface area (Å²) in [6, 6.07) is 4.15. The third-order valence-electron chi connectivity index (χ3n) is 4.52. The Labute approximate surface area is 165 Å². The molecule has 0 unspecified atom stereocenters. The summed E-state index contributed by atoms with van der Waals surface area (Å²) in [6.45, 7) is 2.31. The van der Waals surface area contributed by atoms with Gasteiger partial charge in [0.15, 0.2) is 0 Å². The molecular formula is C19H19ClN4O2S. The van der Waals surface area contributed by atoms with Crippen LogP contribution in [-0.4, -0.2) is 28.5 Å². The number of ether oxygens (including phenoxy) is 1. The van der Waals surface area contributed by atoms with Gasteiger partial charge in [-0.3, -0.25) is 9.78 Å². The maximum atomic E-state index is 12.4. The van der Waals surface area contributed by atoms with Crippen molar-refractivity contribution in [3.63, 3.8) is 0 Å². The molecule has 3 aromatic heterocycles. The average molecular weight is 403 g/mol. The lowest BCUT2D eigenvalue weighted by molar-refractivity contribution is 0.0956. The topological polar surface area (TPSA) is 90.1 Å². The van der Waals surface area contributed by atoms with Gasteiger partial charge in [0.1, 0.15) is 14.7 Å². The fourth-order valence-corrected chi connectivity index (χ4v) is 4.08. The predicted molar refractivity (Wildman–Crippen MR) is 108 cm³/mol. The number of carbonyl (C=O) groups excluding carboxylic acids is 1. The number of fused-ring (bicyclic) bond motifs is 1. The first-order valence-corrected chi connectivity index (χ1v) is 9.94. The molecule has 0 aliphatic heterocycles. The number of aryl methyl sites for hydroxylation is 1. The largest absolute Gasteiger partial charge is 0.476 e. The van der Waals surface area contributed by atoms with Crippen LogP contribution < -0.4 is 15.8 Å². The van der Waals surface area contributed by atoms with Crippen LogP contribution in [0.2, 0.25) is 5.02 Å². The van der Waals surface area contributed by atoms with E-state index in [4.69, 9.17) is 22.1 Å². The number of rotatable bonds is 6. The summed E-state index contributed by atoms with van der Waals surface area (Å²) in [5.74, 6) is 0.222. The van der Waals surface area contributed by atoms with Crippen LogP contribution in [0, 0.1) is 6.92 Å². The van der Waals surface area contributed by atoms with E-state index >= 15 is 0 Å². The zero-order valence-electron chi connectivity index (χ0n) is 14.8. The van der Waals surface area contributed by atoms with Gasteiger partial charge in [-0.15, -0.1) is 11.3 Å². The van der Waals surface area contributed by atoms with Crippen molar-refractivity contribution >= 4 is 44.7 Å². The fourth-order valence-electron chi connectivity index (χ4n) is 2.84. The van der Waals surface area contributed by atoms with Crippen molar-refractivity contribution in [3.8, 4) is 5.88 Å². The lowest BCUT2D eigenvalue weighted by atomic mass is 10.1. The number of nitrogens with zero attached hydrogens (tertiary/aromatic N) is 2. The van der Waals surface area contributed by atoms with Crippen LogP contribution in [-0.2, 0) is 6.42 Å². The maximum absolute atomic E-state index is 12.4. The van der Waals surface area contributed by atoms with E-state index in [9.17, 15) is 4.79 Å². The van der Waals surface area contributed by atoms with Gasteiger partial charge in [0.25, 0.3) is 5.91 Å². The average Bonchev–Trinajstić information content (AvgIpc) is 3.41. The maximum Gasteiger partial charge on any atom is 0.263 e. The quantitative estimate of drug-likeness (QED) is 0.655. The van der Waals surface area contributed by atoms with E-state index in [0.29, 0.717) is 32.9 Å². The predicted octanol–water partition coefficient (Wildman–Crippen LogP) is 3.75. The molecule has 0 atom stereocenters. The molecule has 0 bridgehead atoms. The number of thiophene rings is 1. The number of nitrogens with two attached hydrogens (primary N) is 1. The number of aromatic nitrogens is 2. The molecule has 3 N–H and O–H groups in total. The molecule has 0 saturated heterocycles. The number of hydrogen-bond donors (Lipinski definition) is 2. The molecule has 0 aromatic carbocycles. The molecule has 0 radical (unpaired) electrons. The molecule has 1 aliphatic rings. The van der Waals surface area contributed by atoms with Crippen LogP contribution in [0.5, 0.6) is 5.88 Å². The number of halogens is 1. The first kappa shape index (κ1) is 18.0. The monoisotopic (exact) mass is 402 g/mol. The Morgan fingerprint density at radius 2 is 2.15 bits per heavy atom. The first-order valence-electron chi connectivity index (χ1n) is 8.75. The molecule has 4 rings (SSSR count). The number of pyridine rings is 2. The second kappa shape index (κ2) is 7.32. The molecule has 6 nitrogen and oxygen atoms in total. The third-order valence-corrected chi connectivity index (χ3v) is 6.06. The van der Waals surface area contributed by atoms with Crippen molar-refractivity contribution in [3.05, 3.63) is 45.6 Å². The van der Waals surface area contributed by atoms with Crippen molar-refractivity contribution in [1.29, 1.82) is 0 Å². The Hall–Kier alpha value is -2.38. The van der Waals surface area contributed by atoms with E-state index in [1.54, 1.807) is 12.4 Å². The summed E-state index contributed by atoms with van der Waals surface area (Å²) in [5.41, 5.74) is 8.57. The van der Waals surface area contributed by atoms with Crippen molar-refractivity contribution < 1.29 is 9.53 Å². The van der Waals surface area contributed by atoms with Gasteiger partial charge in [-0.1, -0.05) is 11.6 Å². The molecule has 1 fully saturated rings. The number of anilines is 1. The van der Waals surface area contributed by atoms with Gasteiger partial charge >= 0.3 is 0 Å². The molecule has 1 aliphatic carbocycles. The SMILES string of the molecule is Cc1c(Cl)c(OCCc2ccncc2)nc2sc(C(=O)NC3CC3)c(N)c12. The van der Waals surface area contributed by atoms with E-state index in [-0.39, 0.29) is 11.9 Å². The van der Waals surface area contributed by atoms with Crippen molar-refractivity contribution in [2.75, 3.05) is 12.3 Å². The molecule has 1 saturated carbocycles. The normalized spacial score (nSPS) is 13.7. The number of nitrogen functional groups attached to an aromatic ring is 1. The summed E-state index contributed by atoms with van der Waals surface area (Å²) in [7, 11) is 0. The molecule has 0 spiro atoms. The summed E-state index contributed by atoms with van der Waals surface area (Å²) < 4.78 is 5.82. The molecule has 3 heterocycles. The smallest absolute Gasteiger partial charge is 0.263 e. The summed E-state index contributed by atoms with van der Waals surface area (Å²) in [6.07, 6.45) is 6.27. The van der Waals surface area contributed by atoms with Gasteiger partial charge < -0.3 is 15.8 Å². The lowest BCUT2D eigenvalue weighted by Crippen LogP contribution is -2.25. The molecule has 140 valence electrons. The number of hydrogen-bond acceptors (Lipinski definition) is 6. The zero-order chi connectivity index (χ0) is 19.0. The third kappa shape index (κ3) is 3.70. The van der Waals surface area contributed by atoms with Gasteiger partial charge in [-0.2, -0.15) is 0 Å². The Morgan fingerprint density at radius 3 is 2.85 bits per heavy atom. The molecular weight excluding hydrogens is 384 g/mol.